The summed E-state index contributed by atoms with van der Waals surface area (Å²) in [5.41, 5.74) is 3.65. The van der Waals surface area contributed by atoms with Gasteiger partial charge in [-0.3, -0.25) is 0 Å². The lowest BCUT2D eigenvalue weighted by Crippen LogP contribution is -2.33. The van der Waals surface area contributed by atoms with E-state index in [0.29, 0.717) is 0 Å². The molecule has 0 spiro atoms. The Morgan fingerprint density at radius 1 is 0.889 bits per heavy atom. The van der Waals surface area contributed by atoms with Gasteiger partial charge in [0.25, 0.3) is 0 Å². The Balaban J connectivity index is 1.83. The fourth-order valence-corrected chi connectivity index (χ4v) is 3.16. The number of hydrogen-bond acceptors (Lipinski definition) is 1. The fraction of sp³-hybridized carbons (Fsp3) is 0.812. The van der Waals surface area contributed by atoms with E-state index in [4.69, 9.17) is 0 Å². The second kappa shape index (κ2) is 10.5. The van der Waals surface area contributed by atoms with E-state index < -0.39 is 0 Å². The number of aromatic nitrogens is 1. The molecule has 0 saturated heterocycles. The Kier molecular flexibility index (Phi) is 9.19. The molecule has 0 aromatic carbocycles. The summed E-state index contributed by atoms with van der Waals surface area (Å²) in [5.74, 6) is 0. The van der Waals surface area contributed by atoms with Gasteiger partial charge in [0.05, 0.1) is 5.38 Å². The Morgan fingerprint density at radius 2 is 1.44 bits per heavy atom. The summed E-state index contributed by atoms with van der Waals surface area (Å²) < 4.78 is 2.38. The molecule has 0 aliphatic carbocycles. The smallest absolute Gasteiger partial charge is 0.193 e. The van der Waals surface area contributed by atoms with Gasteiger partial charge >= 0.3 is 0 Å². The topological polar surface area (TPSA) is 3.88 Å². The van der Waals surface area contributed by atoms with Crippen LogP contribution in [0.25, 0.3) is 0 Å². The van der Waals surface area contributed by atoms with Crippen molar-refractivity contribution in [1.82, 2.24) is 0 Å². The van der Waals surface area contributed by atoms with Crippen LogP contribution in [0.1, 0.15) is 76.8 Å². The molecule has 2 heteroatoms. The third kappa shape index (κ3) is 7.15. The van der Waals surface area contributed by atoms with E-state index in [1.54, 1.807) is 0 Å². The van der Waals surface area contributed by atoms with Crippen LogP contribution in [0.3, 0.4) is 0 Å². The number of aryl methyl sites for hydroxylation is 2. The highest BCUT2D eigenvalue weighted by Gasteiger charge is 2.05. The van der Waals surface area contributed by atoms with E-state index >= 15 is 0 Å². The van der Waals surface area contributed by atoms with Gasteiger partial charge in [-0.2, -0.15) is 4.57 Å². The van der Waals surface area contributed by atoms with Gasteiger partial charge in [-0.15, -0.1) is 0 Å². The first-order valence-corrected chi connectivity index (χ1v) is 8.71. The quantitative estimate of drug-likeness (QED) is 0.380. The largest absolute Gasteiger partial charge is 0.224 e. The van der Waals surface area contributed by atoms with Crippen LogP contribution >= 0.6 is 11.3 Å². The van der Waals surface area contributed by atoms with Crippen molar-refractivity contribution in [3.63, 3.8) is 0 Å². The molecule has 1 heterocycles. The Bertz CT molecular complexity index is 293. The van der Waals surface area contributed by atoms with E-state index in [1.165, 1.54) is 76.4 Å². The minimum atomic E-state index is 1.21. The standard InChI is InChI=1S/C16H30NS/c1-3-4-5-6-7-8-9-10-11-12-13-17-15-18-14-16(17)2/h14-15H,3-13H2,1-2H3/q+1. The van der Waals surface area contributed by atoms with Crippen molar-refractivity contribution in [2.24, 2.45) is 0 Å². The van der Waals surface area contributed by atoms with Crippen LogP contribution in [-0.4, -0.2) is 0 Å². The SMILES string of the molecule is CCCCCCCCCCCC[n+]1cscc1C. The van der Waals surface area contributed by atoms with Crippen molar-refractivity contribution in [3.8, 4) is 0 Å². The molecule has 0 saturated carbocycles. The molecular weight excluding hydrogens is 238 g/mol. The van der Waals surface area contributed by atoms with Crippen molar-refractivity contribution < 1.29 is 4.57 Å². The summed E-state index contributed by atoms with van der Waals surface area (Å²) in [6, 6.07) is 0. The minimum Gasteiger partial charge on any atom is -0.193 e. The molecule has 0 fully saturated rings. The second-order valence-corrected chi connectivity index (χ2v) is 6.09. The zero-order valence-corrected chi connectivity index (χ0v) is 13.1. The summed E-state index contributed by atoms with van der Waals surface area (Å²) in [4.78, 5) is 0. The van der Waals surface area contributed by atoms with Gasteiger partial charge in [0.15, 0.2) is 5.69 Å². The summed E-state index contributed by atoms with van der Waals surface area (Å²) in [6.45, 7) is 5.70. The molecule has 1 rings (SSSR count). The van der Waals surface area contributed by atoms with Crippen LogP contribution in [0.5, 0.6) is 0 Å². The first-order chi connectivity index (χ1) is 8.84. The van der Waals surface area contributed by atoms with Crippen LogP contribution in [0.4, 0.5) is 0 Å². The van der Waals surface area contributed by atoms with E-state index in [0.717, 1.165) is 0 Å². The van der Waals surface area contributed by atoms with Crippen molar-refractivity contribution in [2.45, 2.75) is 84.6 Å². The molecule has 1 aromatic rings. The molecule has 104 valence electrons. The Labute approximate surface area is 117 Å². The van der Waals surface area contributed by atoms with Crippen molar-refractivity contribution in [3.05, 3.63) is 16.6 Å². The molecular formula is C16H30NS+. The van der Waals surface area contributed by atoms with Crippen LogP contribution < -0.4 is 4.57 Å². The predicted molar refractivity (Wildman–Crippen MR) is 81.1 cm³/mol. The van der Waals surface area contributed by atoms with Crippen molar-refractivity contribution >= 4 is 11.3 Å². The molecule has 0 radical (unpaired) electrons. The molecule has 0 aliphatic heterocycles. The van der Waals surface area contributed by atoms with Crippen molar-refractivity contribution in [1.29, 1.82) is 0 Å². The number of thiazole rings is 1. The van der Waals surface area contributed by atoms with E-state index in [9.17, 15) is 0 Å². The summed E-state index contributed by atoms with van der Waals surface area (Å²) in [7, 11) is 0. The predicted octanol–water partition coefficient (Wildman–Crippen LogP) is 5.26. The van der Waals surface area contributed by atoms with Crippen LogP contribution in [0.15, 0.2) is 10.9 Å². The maximum atomic E-state index is 2.38. The van der Waals surface area contributed by atoms with Crippen LogP contribution in [-0.2, 0) is 6.54 Å². The summed E-state index contributed by atoms with van der Waals surface area (Å²) in [6.07, 6.45) is 14.2. The van der Waals surface area contributed by atoms with E-state index in [1.807, 2.05) is 11.3 Å². The molecule has 0 bridgehead atoms. The lowest BCUT2D eigenvalue weighted by Gasteiger charge is -2.01. The molecule has 1 nitrogen and oxygen atoms in total. The molecule has 1 aromatic heterocycles. The number of unbranched alkanes of at least 4 members (excludes halogenated alkanes) is 9. The van der Waals surface area contributed by atoms with Gasteiger partial charge in [-0.05, 0) is 6.42 Å². The normalized spacial score (nSPS) is 11.0. The van der Waals surface area contributed by atoms with Crippen LogP contribution in [0.2, 0.25) is 0 Å². The van der Waals surface area contributed by atoms with Crippen molar-refractivity contribution in [2.75, 3.05) is 0 Å². The number of nitrogens with zero attached hydrogens (tertiary/aromatic N) is 1. The highest BCUT2D eigenvalue weighted by molar-refractivity contribution is 7.07. The summed E-state index contributed by atoms with van der Waals surface area (Å²) in [5, 5.41) is 2.23. The van der Waals surface area contributed by atoms with E-state index in [-0.39, 0.29) is 0 Å². The Morgan fingerprint density at radius 3 is 1.94 bits per heavy atom. The monoisotopic (exact) mass is 268 g/mol. The zero-order chi connectivity index (χ0) is 13.1. The Hall–Kier alpha value is -0.370. The molecule has 0 atom stereocenters. The summed E-state index contributed by atoms with van der Waals surface area (Å²) >= 11 is 1.81. The van der Waals surface area contributed by atoms with Gasteiger partial charge in [0.1, 0.15) is 6.54 Å². The van der Waals surface area contributed by atoms with Gasteiger partial charge in [0.2, 0.25) is 5.51 Å². The molecule has 0 amide bonds. The molecule has 18 heavy (non-hydrogen) atoms. The highest BCUT2D eigenvalue weighted by Crippen LogP contribution is 2.10. The second-order valence-electron chi connectivity index (χ2n) is 5.38. The number of rotatable bonds is 11. The fourth-order valence-electron chi connectivity index (χ4n) is 2.35. The average Bonchev–Trinajstić information content (AvgIpc) is 2.77. The first kappa shape index (κ1) is 15.7. The minimum absolute atomic E-state index is 1.21. The number of hydrogen-bond donors (Lipinski definition) is 0. The van der Waals surface area contributed by atoms with Gasteiger partial charge in [-0.1, -0.05) is 69.6 Å². The average molecular weight is 268 g/mol. The maximum Gasteiger partial charge on any atom is 0.224 e. The molecule has 0 aliphatic rings. The highest BCUT2D eigenvalue weighted by atomic mass is 32.1. The zero-order valence-electron chi connectivity index (χ0n) is 12.3. The lowest BCUT2D eigenvalue weighted by atomic mass is 10.1. The van der Waals surface area contributed by atoms with Gasteiger partial charge in [0, 0.05) is 13.3 Å². The third-order valence-corrected chi connectivity index (χ3v) is 4.49. The third-order valence-electron chi connectivity index (χ3n) is 3.63. The van der Waals surface area contributed by atoms with Crippen LogP contribution in [0, 0.1) is 6.92 Å². The van der Waals surface area contributed by atoms with E-state index in [2.05, 4.69) is 29.3 Å². The van der Waals surface area contributed by atoms with Gasteiger partial charge < -0.3 is 0 Å². The van der Waals surface area contributed by atoms with Gasteiger partial charge in [-0.25, -0.2) is 0 Å². The molecule has 0 N–H and O–H groups in total. The lowest BCUT2D eigenvalue weighted by molar-refractivity contribution is -0.698. The molecule has 0 unspecified atom stereocenters. The first-order valence-electron chi connectivity index (χ1n) is 7.77. The maximum absolute atomic E-state index is 2.38.